The molecule has 0 fully saturated rings. The Morgan fingerprint density at radius 3 is 2.85 bits per heavy atom. The molecule has 1 aliphatic rings. The van der Waals surface area contributed by atoms with Gasteiger partial charge in [0.1, 0.15) is 5.75 Å². The van der Waals surface area contributed by atoms with Gasteiger partial charge in [-0.25, -0.2) is 4.79 Å². The monoisotopic (exact) mass is 388 g/mol. The largest absolute Gasteiger partial charge is 0.508 e. The fourth-order valence-corrected chi connectivity index (χ4v) is 4.19. The molecule has 1 aliphatic heterocycles. The number of thioether (sulfide) groups is 1. The number of fused-ring (bicyclic) bond motifs is 1. The van der Waals surface area contributed by atoms with Crippen LogP contribution in [0.4, 0.5) is 0 Å². The van der Waals surface area contributed by atoms with E-state index in [0.717, 1.165) is 41.9 Å². The maximum Gasteiger partial charge on any atom is 0.341 e. The number of phenols is 1. The van der Waals surface area contributed by atoms with Crippen LogP contribution in [0, 0.1) is 0 Å². The summed E-state index contributed by atoms with van der Waals surface area (Å²) in [6.07, 6.45) is 2.93. The minimum Gasteiger partial charge on any atom is -0.508 e. The number of hydrogen-bond acceptors (Lipinski definition) is 5. The molecule has 2 aromatic carbocycles. The van der Waals surface area contributed by atoms with Gasteiger partial charge in [-0.15, -0.1) is 0 Å². The summed E-state index contributed by atoms with van der Waals surface area (Å²) in [6, 6.07) is 13.2. The highest BCUT2D eigenvalue weighted by Crippen LogP contribution is 2.42. The lowest BCUT2D eigenvalue weighted by molar-refractivity contribution is -0.139. The Morgan fingerprint density at radius 2 is 2.04 bits per heavy atom. The summed E-state index contributed by atoms with van der Waals surface area (Å²) in [5, 5.41) is 18.5. The lowest BCUT2D eigenvalue weighted by Crippen LogP contribution is -2.09. The molecule has 1 unspecified atom stereocenters. The van der Waals surface area contributed by atoms with Gasteiger partial charge in [0.2, 0.25) is 0 Å². The lowest BCUT2D eigenvalue weighted by Gasteiger charge is -2.10. The van der Waals surface area contributed by atoms with Crippen LogP contribution in [0.3, 0.4) is 0 Å². The molecule has 2 aromatic rings. The van der Waals surface area contributed by atoms with Crippen LogP contribution < -0.4 is 9.47 Å². The number of benzene rings is 2. The number of carbonyl (C=O) groups is 1. The highest BCUT2D eigenvalue weighted by molar-refractivity contribution is 7.99. The third-order valence-corrected chi connectivity index (χ3v) is 5.67. The Balaban J connectivity index is 1.41. The third kappa shape index (κ3) is 5.32. The zero-order valence-corrected chi connectivity index (χ0v) is 15.9. The van der Waals surface area contributed by atoms with Crippen molar-refractivity contribution in [1.82, 2.24) is 0 Å². The summed E-state index contributed by atoms with van der Waals surface area (Å²) in [7, 11) is 0. The van der Waals surface area contributed by atoms with Crippen LogP contribution in [0.1, 0.15) is 29.9 Å². The Kier molecular flexibility index (Phi) is 6.87. The van der Waals surface area contributed by atoms with Crippen molar-refractivity contribution in [3.8, 4) is 17.2 Å². The predicted octanol–water partition coefficient (Wildman–Crippen LogP) is 4.09. The normalized spacial score (nSPS) is 15.2. The molecular weight excluding hydrogens is 364 g/mol. The molecule has 2 N–H and O–H groups in total. The molecule has 0 aromatic heterocycles. The van der Waals surface area contributed by atoms with Crippen LogP contribution in [0.5, 0.6) is 17.2 Å². The van der Waals surface area contributed by atoms with Gasteiger partial charge in [-0.2, -0.15) is 11.8 Å². The average Bonchev–Trinajstić information content (AvgIpc) is 3.08. The van der Waals surface area contributed by atoms with Crippen LogP contribution in [0.15, 0.2) is 42.5 Å². The summed E-state index contributed by atoms with van der Waals surface area (Å²) >= 11 is 1.91. The number of hydrogen-bond donors (Lipinski definition) is 2. The first-order chi connectivity index (χ1) is 13.1. The zero-order chi connectivity index (χ0) is 19.1. The number of aromatic hydroxyl groups is 1. The van der Waals surface area contributed by atoms with Gasteiger partial charge in [-0.1, -0.05) is 30.3 Å². The predicted molar refractivity (Wildman–Crippen MR) is 106 cm³/mol. The summed E-state index contributed by atoms with van der Waals surface area (Å²) in [5.74, 6) is 2.98. The summed E-state index contributed by atoms with van der Waals surface area (Å²) in [4.78, 5) is 10.7. The van der Waals surface area contributed by atoms with E-state index in [1.54, 1.807) is 12.1 Å². The Bertz CT molecular complexity index is 777. The van der Waals surface area contributed by atoms with E-state index < -0.39 is 5.97 Å². The van der Waals surface area contributed by atoms with E-state index in [9.17, 15) is 9.90 Å². The molecule has 144 valence electrons. The number of rotatable bonds is 10. The molecule has 0 saturated carbocycles. The van der Waals surface area contributed by atoms with E-state index in [4.69, 9.17) is 14.6 Å². The first-order valence-electron chi connectivity index (χ1n) is 9.10. The van der Waals surface area contributed by atoms with Gasteiger partial charge in [0.25, 0.3) is 0 Å². The second kappa shape index (κ2) is 9.55. The molecule has 0 bridgehead atoms. The fraction of sp³-hybridized carbons (Fsp3) is 0.381. The van der Waals surface area contributed by atoms with Gasteiger partial charge in [0, 0.05) is 11.5 Å². The van der Waals surface area contributed by atoms with Crippen molar-refractivity contribution in [3.63, 3.8) is 0 Å². The highest BCUT2D eigenvalue weighted by atomic mass is 32.2. The van der Waals surface area contributed by atoms with E-state index in [1.165, 1.54) is 0 Å². The summed E-state index contributed by atoms with van der Waals surface area (Å²) < 4.78 is 11.1. The maximum absolute atomic E-state index is 10.7. The molecule has 3 rings (SSSR count). The van der Waals surface area contributed by atoms with Crippen molar-refractivity contribution >= 4 is 17.7 Å². The van der Waals surface area contributed by atoms with Crippen molar-refractivity contribution in [2.24, 2.45) is 0 Å². The number of aliphatic carboxylic acids is 1. The van der Waals surface area contributed by atoms with Crippen LogP contribution in [-0.2, 0) is 11.2 Å². The van der Waals surface area contributed by atoms with Gasteiger partial charge >= 0.3 is 5.97 Å². The second-order valence-corrected chi connectivity index (χ2v) is 7.72. The molecule has 0 radical (unpaired) electrons. The van der Waals surface area contributed by atoms with Crippen molar-refractivity contribution < 1.29 is 24.5 Å². The number of para-hydroxylation sites is 2. The lowest BCUT2D eigenvalue weighted by atomic mass is 9.98. The van der Waals surface area contributed by atoms with Gasteiger partial charge in [-0.3, -0.25) is 0 Å². The maximum atomic E-state index is 10.7. The van der Waals surface area contributed by atoms with Crippen molar-refractivity contribution in [3.05, 3.63) is 53.6 Å². The van der Waals surface area contributed by atoms with E-state index in [1.807, 2.05) is 42.1 Å². The van der Waals surface area contributed by atoms with E-state index in [-0.39, 0.29) is 6.61 Å². The van der Waals surface area contributed by atoms with Crippen molar-refractivity contribution in [2.45, 2.75) is 25.2 Å². The minimum absolute atomic E-state index is 0.319. The van der Waals surface area contributed by atoms with Crippen molar-refractivity contribution in [2.75, 3.05) is 24.7 Å². The third-order valence-electron chi connectivity index (χ3n) is 4.57. The fourth-order valence-electron chi connectivity index (χ4n) is 3.19. The molecule has 0 spiro atoms. The Hall–Kier alpha value is -2.34. The first kappa shape index (κ1) is 19.4. The average molecular weight is 388 g/mol. The molecule has 0 amide bonds. The number of ether oxygens (including phenoxy) is 2. The van der Waals surface area contributed by atoms with E-state index in [0.29, 0.717) is 29.8 Å². The molecule has 27 heavy (non-hydrogen) atoms. The van der Waals surface area contributed by atoms with Gasteiger partial charge in [0.15, 0.2) is 18.1 Å². The summed E-state index contributed by atoms with van der Waals surface area (Å²) in [5.41, 5.74) is 2.11. The number of aryl methyl sites for hydroxylation is 1. The molecule has 1 atom stereocenters. The van der Waals surface area contributed by atoms with Crippen LogP contribution >= 0.6 is 11.8 Å². The molecule has 5 nitrogen and oxygen atoms in total. The zero-order valence-electron chi connectivity index (χ0n) is 15.1. The smallest absolute Gasteiger partial charge is 0.341 e. The Labute approximate surface area is 163 Å². The molecule has 0 saturated heterocycles. The van der Waals surface area contributed by atoms with Crippen LogP contribution in [0.25, 0.3) is 0 Å². The standard InChI is InChI=1S/C21H24O5S/c22-18-8-2-1-5-15(18)6-4-11-27-12-10-16-13-26-21-17(16)7-3-9-19(21)25-14-20(23)24/h1-3,5,7-9,16,22H,4,6,10-14H2,(H,23,24). The minimum atomic E-state index is -0.998. The van der Waals surface area contributed by atoms with Crippen molar-refractivity contribution in [1.29, 1.82) is 0 Å². The van der Waals surface area contributed by atoms with Crippen LogP contribution in [-0.4, -0.2) is 40.9 Å². The number of carboxylic acid groups (broad SMARTS) is 1. The molecule has 1 heterocycles. The number of carboxylic acids is 1. The van der Waals surface area contributed by atoms with E-state index in [2.05, 4.69) is 0 Å². The molecule has 6 heteroatoms. The highest BCUT2D eigenvalue weighted by Gasteiger charge is 2.27. The van der Waals surface area contributed by atoms with Gasteiger partial charge in [-0.05, 0) is 48.5 Å². The quantitative estimate of drug-likeness (QED) is 0.597. The first-order valence-corrected chi connectivity index (χ1v) is 10.3. The van der Waals surface area contributed by atoms with Gasteiger partial charge < -0.3 is 19.7 Å². The molecular formula is C21H24O5S. The molecule has 0 aliphatic carbocycles. The van der Waals surface area contributed by atoms with Crippen LogP contribution in [0.2, 0.25) is 0 Å². The SMILES string of the molecule is O=C(O)COc1cccc2c1OCC2CCSCCCc1ccccc1O. The Morgan fingerprint density at radius 1 is 1.19 bits per heavy atom. The topological polar surface area (TPSA) is 76.0 Å². The van der Waals surface area contributed by atoms with Gasteiger partial charge in [0.05, 0.1) is 6.61 Å². The second-order valence-electron chi connectivity index (χ2n) is 6.50. The summed E-state index contributed by atoms with van der Waals surface area (Å²) in [6.45, 7) is 0.249. The number of phenolic OH excluding ortho intramolecular Hbond substituents is 1. The van der Waals surface area contributed by atoms with E-state index >= 15 is 0 Å².